The average Bonchev–Trinajstić information content (AvgIpc) is 3.02. The Morgan fingerprint density at radius 3 is 2.70 bits per heavy atom. The zero-order valence-electron chi connectivity index (χ0n) is 15.0. The van der Waals surface area contributed by atoms with Crippen LogP contribution in [0.1, 0.15) is 23.9 Å². The van der Waals surface area contributed by atoms with Gasteiger partial charge in [-0.1, -0.05) is 12.1 Å². The normalized spacial score (nSPS) is 11.1. The van der Waals surface area contributed by atoms with Crippen molar-refractivity contribution in [3.05, 3.63) is 70.0 Å². The summed E-state index contributed by atoms with van der Waals surface area (Å²) in [7, 11) is 1.59. The molecule has 0 aliphatic rings. The highest BCUT2D eigenvalue weighted by Gasteiger charge is 2.08. The first-order valence-corrected chi connectivity index (χ1v) is 8.77. The smallest absolute Gasteiger partial charge is 0.216 e. The van der Waals surface area contributed by atoms with E-state index in [1.165, 1.54) is 12.1 Å². The monoisotopic (exact) mass is 386 g/mol. The molecule has 6 nitrogen and oxygen atoms in total. The standard InChI is InChI=1S/C19H19FN4O2S/c1-3-26-16-9-6-14(10-17(16)25-2)12-21-24-18(22-23-19(24)27)11-13-4-7-15(20)8-5-13/h4-10,12H,3,11H2,1-2H3,(H,23,27)/b21-12-. The van der Waals surface area contributed by atoms with Gasteiger partial charge in [-0.15, -0.1) is 0 Å². The van der Waals surface area contributed by atoms with Crippen LogP contribution in [0.4, 0.5) is 4.39 Å². The molecule has 0 saturated carbocycles. The van der Waals surface area contributed by atoms with E-state index in [4.69, 9.17) is 21.7 Å². The predicted octanol–water partition coefficient (Wildman–Crippen LogP) is 3.96. The maximum Gasteiger partial charge on any atom is 0.216 e. The second-order valence-corrected chi connectivity index (χ2v) is 6.03. The van der Waals surface area contributed by atoms with Gasteiger partial charge < -0.3 is 9.47 Å². The lowest BCUT2D eigenvalue weighted by molar-refractivity contribution is 0.311. The van der Waals surface area contributed by atoms with Crippen molar-refractivity contribution in [3.8, 4) is 11.5 Å². The minimum Gasteiger partial charge on any atom is -0.493 e. The first-order valence-electron chi connectivity index (χ1n) is 8.36. The molecule has 3 aromatic rings. The molecule has 27 heavy (non-hydrogen) atoms. The van der Waals surface area contributed by atoms with E-state index in [1.54, 1.807) is 30.1 Å². The molecule has 0 unspecified atom stereocenters. The summed E-state index contributed by atoms with van der Waals surface area (Å²) >= 11 is 5.26. The summed E-state index contributed by atoms with van der Waals surface area (Å²) in [6, 6.07) is 11.8. The van der Waals surface area contributed by atoms with E-state index < -0.39 is 0 Å². The number of hydrogen-bond donors (Lipinski definition) is 1. The third-order valence-corrected chi connectivity index (χ3v) is 4.07. The third-order valence-electron chi connectivity index (χ3n) is 3.80. The first-order chi connectivity index (χ1) is 13.1. The Bertz CT molecular complexity index is 996. The molecule has 1 N–H and O–H groups in total. The lowest BCUT2D eigenvalue weighted by Gasteiger charge is -2.09. The fourth-order valence-corrected chi connectivity index (χ4v) is 2.70. The quantitative estimate of drug-likeness (QED) is 0.493. The predicted molar refractivity (Wildman–Crippen MR) is 104 cm³/mol. The van der Waals surface area contributed by atoms with Gasteiger partial charge in [0.1, 0.15) is 5.82 Å². The van der Waals surface area contributed by atoms with E-state index in [-0.39, 0.29) is 5.82 Å². The molecule has 8 heteroatoms. The molecule has 0 saturated heterocycles. The molecule has 0 atom stereocenters. The number of rotatable bonds is 7. The molecule has 0 radical (unpaired) electrons. The Labute approximate surface area is 161 Å². The molecule has 140 valence electrons. The van der Waals surface area contributed by atoms with Crippen LogP contribution in [0.15, 0.2) is 47.6 Å². The van der Waals surface area contributed by atoms with E-state index >= 15 is 0 Å². The van der Waals surface area contributed by atoms with Gasteiger partial charge in [0, 0.05) is 6.42 Å². The largest absolute Gasteiger partial charge is 0.493 e. The van der Waals surface area contributed by atoms with Crippen LogP contribution in [0.3, 0.4) is 0 Å². The Morgan fingerprint density at radius 1 is 1.22 bits per heavy atom. The molecule has 1 aromatic heterocycles. The van der Waals surface area contributed by atoms with E-state index in [2.05, 4.69) is 15.3 Å². The summed E-state index contributed by atoms with van der Waals surface area (Å²) in [6.07, 6.45) is 2.13. The first kappa shape index (κ1) is 18.8. The van der Waals surface area contributed by atoms with Gasteiger partial charge in [-0.25, -0.2) is 4.39 Å². The van der Waals surface area contributed by atoms with E-state index in [9.17, 15) is 4.39 Å². The fraction of sp³-hybridized carbons (Fsp3) is 0.211. The Kier molecular flexibility index (Phi) is 5.97. The lowest BCUT2D eigenvalue weighted by Crippen LogP contribution is -2.01. The Balaban J connectivity index is 1.84. The van der Waals surface area contributed by atoms with Crippen molar-refractivity contribution in [3.63, 3.8) is 0 Å². The van der Waals surface area contributed by atoms with Crippen LogP contribution < -0.4 is 9.47 Å². The molecular weight excluding hydrogens is 367 g/mol. The number of halogens is 1. The molecular formula is C19H19FN4O2S. The number of nitrogens with zero attached hydrogens (tertiary/aromatic N) is 3. The zero-order chi connectivity index (χ0) is 19.2. The topological polar surface area (TPSA) is 64.4 Å². The summed E-state index contributed by atoms with van der Waals surface area (Å²) in [6.45, 7) is 2.47. The van der Waals surface area contributed by atoms with Crippen molar-refractivity contribution in [2.45, 2.75) is 13.3 Å². The maximum atomic E-state index is 13.1. The highest BCUT2D eigenvalue weighted by molar-refractivity contribution is 7.71. The van der Waals surface area contributed by atoms with Gasteiger partial charge in [0.2, 0.25) is 4.77 Å². The molecule has 1 heterocycles. The van der Waals surface area contributed by atoms with Crippen molar-refractivity contribution >= 4 is 18.4 Å². The molecule has 0 bridgehead atoms. The number of aromatic amines is 1. The fourth-order valence-electron chi connectivity index (χ4n) is 2.51. The highest BCUT2D eigenvalue weighted by Crippen LogP contribution is 2.27. The molecule has 0 aliphatic heterocycles. The van der Waals surface area contributed by atoms with Gasteiger partial charge >= 0.3 is 0 Å². The molecule has 3 rings (SSSR count). The molecule has 0 fully saturated rings. The summed E-state index contributed by atoms with van der Waals surface area (Å²) in [5, 5.41) is 11.4. The lowest BCUT2D eigenvalue weighted by atomic mass is 10.1. The van der Waals surface area contributed by atoms with E-state index in [0.29, 0.717) is 35.1 Å². The summed E-state index contributed by atoms with van der Waals surface area (Å²) in [5.41, 5.74) is 1.73. The van der Waals surface area contributed by atoms with Crippen molar-refractivity contribution in [2.75, 3.05) is 13.7 Å². The number of aromatic nitrogens is 3. The van der Waals surface area contributed by atoms with E-state index in [1.807, 2.05) is 25.1 Å². The van der Waals surface area contributed by atoms with Crippen molar-refractivity contribution < 1.29 is 13.9 Å². The van der Waals surface area contributed by atoms with Gasteiger partial charge in [-0.2, -0.15) is 14.9 Å². The van der Waals surface area contributed by atoms with Crippen LogP contribution in [0.25, 0.3) is 0 Å². The van der Waals surface area contributed by atoms with Crippen molar-refractivity contribution in [1.29, 1.82) is 0 Å². The van der Waals surface area contributed by atoms with Crippen LogP contribution in [0, 0.1) is 10.6 Å². The van der Waals surface area contributed by atoms with Gasteiger partial charge in [0.15, 0.2) is 17.3 Å². The minimum absolute atomic E-state index is 0.278. The minimum atomic E-state index is -0.278. The SMILES string of the molecule is CCOc1ccc(/C=N\n2c(Cc3ccc(F)cc3)n[nH]c2=S)cc1OC. The van der Waals surface area contributed by atoms with Gasteiger partial charge in [0.25, 0.3) is 0 Å². The molecule has 0 spiro atoms. The van der Waals surface area contributed by atoms with E-state index in [0.717, 1.165) is 11.1 Å². The van der Waals surface area contributed by atoms with Crippen LogP contribution in [-0.2, 0) is 6.42 Å². The van der Waals surface area contributed by atoms with Gasteiger partial charge in [0.05, 0.1) is 19.9 Å². The molecule has 2 aromatic carbocycles. The van der Waals surface area contributed by atoms with Crippen LogP contribution in [-0.4, -0.2) is 34.8 Å². The van der Waals surface area contributed by atoms with Crippen LogP contribution >= 0.6 is 12.2 Å². The molecule has 0 aliphatic carbocycles. The maximum absolute atomic E-state index is 13.1. The number of benzene rings is 2. The zero-order valence-corrected chi connectivity index (χ0v) is 15.8. The second-order valence-electron chi connectivity index (χ2n) is 5.65. The average molecular weight is 386 g/mol. The number of ether oxygens (including phenoxy) is 2. The van der Waals surface area contributed by atoms with Crippen molar-refractivity contribution in [2.24, 2.45) is 5.10 Å². The van der Waals surface area contributed by atoms with Crippen LogP contribution in [0.5, 0.6) is 11.5 Å². The summed E-state index contributed by atoms with van der Waals surface area (Å²) in [5.74, 6) is 1.65. The molecule has 0 amide bonds. The summed E-state index contributed by atoms with van der Waals surface area (Å²) in [4.78, 5) is 0. The second kappa shape index (κ2) is 8.59. The summed E-state index contributed by atoms with van der Waals surface area (Å²) < 4.78 is 25.9. The Hall–Kier alpha value is -3.00. The van der Waals surface area contributed by atoms with Crippen molar-refractivity contribution in [1.82, 2.24) is 14.9 Å². The number of H-pyrrole nitrogens is 1. The van der Waals surface area contributed by atoms with Gasteiger partial charge in [-0.05, 0) is 60.6 Å². The highest BCUT2D eigenvalue weighted by atomic mass is 32.1. The Morgan fingerprint density at radius 2 is 2.00 bits per heavy atom. The third kappa shape index (κ3) is 4.59. The van der Waals surface area contributed by atoms with Gasteiger partial charge in [-0.3, -0.25) is 5.10 Å². The number of nitrogens with one attached hydrogen (secondary N) is 1. The van der Waals surface area contributed by atoms with Crippen LogP contribution in [0.2, 0.25) is 0 Å². The number of hydrogen-bond acceptors (Lipinski definition) is 5. The number of methoxy groups -OCH3 is 1.